The van der Waals surface area contributed by atoms with Gasteiger partial charge in [-0.3, -0.25) is 14.4 Å². The van der Waals surface area contributed by atoms with Gasteiger partial charge in [-0.2, -0.15) is 0 Å². The maximum absolute atomic E-state index is 13.5. The Morgan fingerprint density at radius 3 is 2.55 bits per heavy atom. The van der Waals surface area contributed by atoms with Crippen molar-refractivity contribution in [2.75, 3.05) is 7.11 Å². The van der Waals surface area contributed by atoms with Gasteiger partial charge < -0.3 is 28.5 Å². The molecule has 10 heteroatoms. The molecule has 4 heterocycles. The Labute approximate surface area is 189 Å². The fraction of sp³-hybridized carbons (Fsp3) is 0.652. The Hall–Kier alpha value is -2.88. The summed E-state index contributed by atoms with van der Waals surface area (Å²) in [6.07, 6.45) is 0.661. The van der Waals surface area contributed by atoms with Crippen LogP contribution in [0.1, 0.15) is 51.2 Å². The molecular formula is C23H26O10. The average molecular weight is 462 g/mol. The van der Waals surface area contributed by atoms with Gasteiger partial charge in [-0.15, -0.1) is 0 Å². The van der Waals surface area contributed by atoms with Crippen LogP contribution < -0.4 is 0 Å². The number of hydrogen-bond acceptors (Lipinski definition) is 10. The second-order valence-corrected chi connectivity index (χ2v) is 9.79. The van der Waals surface area contributed by atoms with Gasteiger partial charge in [0.05, 0.1) is 25.6 Å². The quantitative estimate of drug-likeness (QED) is 0.519. The molecule has 0 radical (unpaired) electrons. The monoisotopic (exact) mass is 462 g/mol. The van der Waals surface area contributed by atoms with Crippen molar-refractivity contribution in [3.8, 4) is 0 Å². The van der Waals surface area contributed by atoms with Gasteiger partial charge in [0.25, 0.3) is 0 Å². The first-order chi connectivity index (χ1) is 15.6. The molecule has 6 rings (SSSR count). The first kappa shape index (κ1) is 21.9. The van der Waals surface area contributed by atoms with Gasteiger partial charge in [-0.05, 0) is 31.2 Å². The van der Waals surface area contributed by atoms with Crippen LogP contribution in [0.4, 0.5) is 0 Å². The van der Waals surface area contributed by atoms with E-state index in [-0.39, 0.29) is 12.8 Å². The minimum atomic E-state index is -2.04. The highest BCUT2D eigenvalue weighted by atomic mass is 16.6. The third-order valence-electron chi connectivity index (χ3n) is 8.41. The fourth-order valence-electron chi connectivity index (χ4n) is 6.91. The smallest absolute Gasteiger partial charge is 0.339 e. The molecule has 1 aromatic rings. The molecule has 2 bridgehead atoms. The molecular weight excluding hydrogens is 436 g/mol. The summed E-state index contributed by atoms with van der Waals surface area (Å²) in [5.74, 6) is -4.50. The van der Waals surface area contributed by atoms with E-state index in [4.69, 9.17) is 23.4 Å². The topological polar surface area (TPSA) is 139 Å². The van der Waals surface area contributed by atoms with E-state index >= 15 is 0 Å². The van der Waals surface area contributed by atoms with Gasteiger partial charge in [-0.25, -0.2) is 4.79 Å². The number of methoxy groups -OCH3 is 1. The zero-order valence-electron chi connectivity index (χ0n) is 18.6. The normalized spacial score (nSPS) is 43.6. The molecule has 3 aliphatic heterocycles. The molecule has 1 aromatic heterocycles. The van der Waals surface area contributed by atoms with Crippen molar-refractivity contribution in [2.24, 2.45) is 22.7 Å². The molecule has 8 atom stereocenters. The van der Waals surface area contributed by atoms with E-state index < -0.39 is 76.9 Å². The minimum absolute atomic E-state index is 0.182. The van der Waals surface area contributed by atoms with E-state index in [2.05, 4.69) is 0 Å². The van der Waals surface area contributed by atoms with E-state index in [0.717, 1.165) is 0 Å². The van der Waals surface area contributed by atoms with E-state index in [1.54, 1.807) is 13.0 Å². The van der Waals surface area contributed by atoms with E-state index in [9.17, 15) is 24.3 Å². The summed E-state index contributed by atoms with van der Waals surface area (Å²) in [6, 6.07) is 1.67. The zero-order chi connectivity index (χ0) is 23.8. The van der Waals surface area contributed by atoms with Crippen LogP contribution in [0.3, 0.4) is 0 Å². The second kappa shape index (κ2) is 7.06. The van der Waals surface area contributed by atoms with Gasteiger partial charge in [0.15, 0.2) is 5.60 Å². The van der Waals surface area contributed by atoms with Crippen LogP contribution in [0.25, 0.3) is 0 Å². The molecule has 178 valence electrons. The SMILES string of the molecule is COC(=O)[C@H]1C[C@H]2C[C@@H]3[C@@]1(C(=O)O2)[C@@H](OC(C)=O)C[C@@]1(O)C(=O)O[C@H](c2ccoc2)C[C@@]31C. The summed E-state index contributed by atoms with van der Waals surface area (Å²) >= 11 is 0. The number of esters is 4. The summed E-state index contributed by atoms with van der Waals surface area (Å²) in [6.45, 7) is 2.91. The minimum Gasteiger partial charge on any atom is -0.472 e. The molecule has 5 aliphatic rings. The molecule has 2 saturated carbocycles. The molecule has 10 nitrogen and oxygen atoms in total. The van der Waals surface area contributed by atoms with Gasteiger partial charge in [0.2, 0.25) is 0 Å². The van der Waals surface area contributed by atoms with Crippen molar-refractivity contribution in [3.05, 3.63) is 24.2 Å². The van der Waals surface area contributed by atoms with Crippen LogP contribution in [-0.2, 0) is 38.1 Å². The molecule has 3 saturated heterocycles. The lowest BCUT2D eigenvalue weighted by Gasteiger charge is -2.67. The van der Waals surface area contributed by atoms with Crippen molar-refractivity contribution in [1.82, 2.24) is 0 Å². The highest BCUT2D eigenvalue weighted by Gasteiger charge is 2.80. The molecule has 0 unspecified atom stereocenters. The number of furan rings is 1. The van der Waals surface area contributed by atoms with Gasteiger partial charge in [-0.1, -0.05) is 6.92 Å². The number of ether oxygens (including phenoxy) is 4. The summed E-state index contributed by atoms with van der Waals surface area (Å²) in [5.41, 5.74) is -4.20. The summed E-state index contributed by atoms with van der Waals surface area (Å²) in [5, 5.41) is 11.8. The highest BCUT2D eigenvalue weighted by molar-refractivity contribution is 5.91. The van der Waals surface area contributed by atoms with Crippen LogP contribution in [0, 0.1) is 22.7 Å². The van der Waals surface area contributed by atoms with E-state index in [0.29, 0.717) is 12.0 Å². The molecule has 2 aliphatic carbocycles. The maximum Gasteiger partial charge on any atom is 0.339 e. The number of hydrogen-bond donors (Lipinski definition) is 1. The number of carbonyl (C=O) groups excluding carboxylic acids is 4. The average Bonchev–Trinajstić information content (AvgIpc) is 3.30. The van der Waals surface area contributed by atoms with Crippen LogP contribution >= 0.6 is 0 Å². The first-order valence-electron chi connectivity index (χ1n) is 11.0. The highest BCUT2D eigenvalue weighted by Crippen LogP contribution is 2.70. The number of rotatable bonds is 3. The Balaban J connectivity index is 1.69. The van der Waals surface area contributed by atoms with Crippen LogP contribution in [0.15, 0.2) is 23.0 Å². The van der Waals surface area contributed by atoms with Gasteiger partial charge >= 0.3 is 23.9 Å². The van der Waals surface area contributed by atoms with E-state index in [1.165, 1.54) is 26.6 Å². The van der Waals surface area contributed by atoms with Crippen molar-refractivity contribution in [3.63, 3.8) is 0 Å². The predicted octanol–water partition coefficient (Wildman–Crippen LogP) is 1.45. The summed E-state index contributed by atoms with van der Waals surface area (Å²) < 4.78 is 26.9. The number of carbonyl (C=O) groups is 4. The maximum atomic E-state index is 13.5. The van der Waals surface area contributed by atoms with Crippen molar-refractivity contribution in [1.29, 1.82) is 0 Å². The number of fused-ring (bicyclic) bond motifs is 3. The van der Waals surface area contributed by atoms with Crippen LogP contribution in [0.2, 0.25) is 0 Å². The van der Waals surface area contributed by atoms with Gasteiger partial charge in [0.1, 0.15) is 23.7 Å². The standard InChI is InChI=1S/C23H26O10/c1-11(24)31-17-9-22(28)19(26)33-15(12-4-5-30-10-12)8-21(22,2)16-7-13-6-14(18(25)29-3)23(16,17)20(27)32-13/h4-5,10,13-17,28H,6-9H2,1-3H3/t13-,14+,15-,16-,17-,21-,22+,23+/m0/s1. The Bertz CT molecular complexity index is 1020. The Morgan fingerprint density at radius 1 is 1.15 bits per heavy atom. The lowest BCUT2D eigenvalue weighted by atomic mass is 9.39. The fourth-order valence-corrected chi connectivity index (χ4v) is 6.91. The predicted molar refractivity (Wildman–Crippen MR) is 106 cm³/mol. The molecule has 1 spiro atoms. The van der Waals surface area contributed by atoms with Crippen LogP contribution in [0.5, 0.6) is 0 Å². The van der Waals surface area contributed by atoms with Crippen molar-refractivity contribution in [2.45, 2.75) is 63.4 Å². The summed E-state index contributed by atoms with van der Waals surface area (Å²) in [4.78, 5) is 51.7. The summed E-state index contributed by atoms with van der Waals surface area (Å²) in [7, 11) is 1.23. The molecule has 0 amide bonds. The molecule has 5 fully saturated rings. The molecule has 1 N–H and O–H groups in total. The third-order valence-corrected chi connectivity index (χ3v) is 8.41. The Morgan fingerprint density at radius 2 is 1.91 bits per heavy atom. The largest absolute Gasteiger partial charge is 0.472 e. The van der Waals surface area contributed by atoms with Crippen molar-refractivity contribution >= 4 is 23.9 Å². The molecule has 33 heavy (non-hydrogen) atoms. The van der Waals surface area contributed by atoms with E-state index in [1.807, 2.05) is 0 Å². The zero-order valence-corrected chi connectivity index (χ0v) is 18.6. The van der Waals surface area contributed by atoms with Crippen molar-refractivity contribution < 1.29 is 47.6 Å². The second-order valence-electron chi connectivity index (χ2n) is 9.79. The molecule has 0 aromatic carbocycles. The van der Waals surface area contributed by atoms with Crippen LogP contribution in [-0.4, -0.2) is 53.9 Å². The number of cyclic esters (lactones) is 1. The lowest BCUT2D eigenvalue weighted by molar-refractivity contribution is -0.304. The van der Waals surface area contributed by atoms with Gasteiger partial charge in [0, 0.05) is 24.3 Å². The lowest BCUT2D eigenvalue weighted by Crippen LogP contribution is -2.78. The number of aliphatic hydroxyl groups is 1. The first-order valence-corrected chi connectivity index (χ1v) is 11.0. The third kappa shape index (κ3) is 2.70. The Kier molecular flexibility index (Phi) is 4.69.